The molecule has 3 aromatic rings. The van der Waals surface area contributed by atoms with E-state index in [2.05, 4.69) is 15.6 Å². The van der Waals surface area contributed by atoms with Crippen LogP contribution in [0.3, 0.4) is 0 Å². The summed E-state index contributed by atoms with van der Waals surface area (Å²) in [6.07, 6.45) is 1.55. The van der Waals surface area contributed by atoms with Crippen molar-refractivity contribution in [3.63, 3.8) is 0 Å². The molecule has 1 unspecified atom stereocenters. The molecule has 2 aliphatic rings. The third kappa shape index (κ3) is 3.98. The molecular formula is C26H29N3O5. The van der Waals surface area contributed by atoms with Crippen molar-refractivity contribution < 1.29 is 24.2 Å². The van der Waals surface area contributed by atoms with Gasteiger partial charge in [0, 0.05) is 16.6 Å². The van der Waals surface area contributed by atoms with Gasteiger partial charge in [0.1, 0.15) is 5.69 Å². The third-order valence-electron chi connectivity index (χ3n) is 6.77. The lowest BCUT2D eigenvalue weighted by molar-refractivity contribution is -0.118. The standard InChI is InChI=1S/C26H29N3O5/c1-25(2,3)22(13-30)29-23(31)19-11-15-10-17(5-6-18(15)28-19)27-24(32)26(8-9-26)16-4-7-20-21(12-16)34-14-33-20/h4-7,10-12,22,28,30H,8-9,13-14H2,1-3H3,(H,27,32)(H,29,31). The first-order valence-electron chi connectivity index (χ1n) is 11.5. The number of hydrogen-bond donors (Lipinski definition) is 4. The number of hydrogen-bond acceptors (Lipinski definition) is 5. The van der Waals surface area contributed by atoms with Gasteiger partial charge in [-0.1, -0.05) is 26.8 Å². The number of fused-ring (bicyclic) bond motifs is 2. The van der Waals surface area contributed by atoms with E-state index >= 15 is 0 Å². The van der Waals surface area contributed by atoms with Gasteiger partial charge in [0.15, 0.2) is 11.5 Å². The Labute approximate surface area is 197 Å². The number of rotatable bonds is 6. The van der Waals surface area contributed by atoms with Crippen molar-refractivity contribution in [1.82, 2.24) is 10.3 Å². The van der Waals surface area contributed by atoms with E-state index in [1.165, 1.54) is 0 Å². The van der Waals surface area contributed by atoms with Gasteiger partial charge in [-0.2, -0.15) is 0 Å². The van der Waals surface area contributed by atoms with Crippen molar-refractivity contribution in [2.24, 2.45) is 5.41 Å². The van der Waals surface area contributed by atoms with Crippen LogP contribution >= 0.6 is 0 Å². The van der Waals surface area contributed by atoms with Gasteiger partial charge in [-0.3, -0.25) is 9.59 Å². The first kappa shape index (κ1) is 22.3. The Morgan fingerprint density at radius 2 is 1.85 bits per heavy atom. The number of aliphatic hydroxyl groups is 1. The number of H-pyrrole nitrogens is 1. The Kier molecular flexibility index (Phi) is 5.28. The van der Waals surface area contributed by atoms with E-state index in [1.54, 1.807) is 6.07 Å². The largest absolute Gasteiger partial charge is 0.454 e. The van der Waals surface area contributed by atoms with Crippen LogP contribution in [0.5, 0.6) is 11.5 Å². The van der Waals surface area contributed by atoms with Crippen LogP contribution in [-0.2, 0) is 10.2 Å². The SMILES string of the molecule is CC(C)(C)C(CO)NC(=O)c1cc2cc(NC(=O)C3(c4ccc5c(c4)OCO5)CC3)ccc2[nH]1. The highest BCUT2D eigenvalue weighted by Crippen LogP contribution is 2.51. The van der Waals surface area contributed by atoms with Crippen molar-refractivity contribution in [3.05, 3.63) is 53.7 Å². The molecule has 1 saturated carbocycles. The van der Waals surface area contributed by atoms with Crippen LogP contribution < -0.4 is 20.1 Å². The van der Waals surface area contributed by atoms with Gasteiger partial charge in [-0.25, -0.2) is 0 Å². The molecule has 0 radical (unpaired) electrons. The number of benzene rings is 2. The second-order valence-corrected chi connectivity index (χ2v) is 10.2. The van der Waals surface area contributed by atoms with Crippen molar-refractivity contribution in [1.29, 1.82) is 0 Å². The molecular weight excluding hydrogens is 434 g/mol. The number of amides is 2. The highest BCUT2D eigenvalue weighted by Gasteiger charge is 2.51. The minimum absolute atomic E-state index is 0.0600. The maximum atomic E-state index is 13.2. The average Bonchev–Trinajstić information content (AvgIpc) is 3.29. The van der Waals surface area contributed by atoms with Crippen molar-refractivity contribution in [2.75, 3.05) is 18.7 Å². The molecule has 1 aliphatic heterocycles. The second kappa shape index (κ2) is 8.06. The predicted molar refractivity (Wildman–Crippen MR) is 128 cm³/mol. The fourth-order valence-electron chi connectivity index (χ4n) is 4.32. The molecule has 1 atom stereocenters. The Balaban J connectivity index is 1.32. The summed E-state index contributed by atoms with van der Waals surface area (Å²) in [6.45, 7) is 5.95. The van der Waals surface area contributed by atoms with Crippen molar-refractivity contribution in [3.8, 4) is 11.5 Å². The minimum Gasteiger partial charge on any atom is -0.454 e. The summed E-state index contributed by atoms with van der Waals surface area (Å²) in [7, 11) is 0. The summed E-state index contributed by atoms with van der Waals surface area (Å²) >= 11 is 0. The molecule has 1 fully saturated rings. The van der Waals surface area contributed by atoms with Gasteiger partial charge in [-0.05, 0) is 60.2 Å². The molecule has 178 valence electrons. The molecule has 0 bridgehead atoms. The number of carbonyl (C=O) groups excluding carboxylic acids is 2. The maximum Gasteiger partial charge on any atom is 0.268 e. The second-order valence-electron chi connectivity index (χ2n) is 10.2. The number of carbonyl (C=O) groups is 2. The van der Waals surface area contributed by atoms with Gasteiger partial charge in [-0.15, -0.1) is 0 Å². The summed E-state index contributed by atoms with van der Waals surface area (Å²) in [5.74, 6) is 1.03. The summed E-state index contributed by atoms with van der Waals surface area (Å²) in [6, 6.07) is 12.6. The first-order valence-corrected chi connectivity index (χ1v) is 11.5. The van der Waals surface area contributed by atoms with Crippen LogP contribution in [0, 0.1) is 5.41 Å². The normalized spacial score (nSPS) is 16.8. The van der Waals surface area contributed by atoms with Gasteiger partial charge < -0.3 is 30.2 Å². The molecule has 1 aromatic heterocycles. The summed E-state index contributed by atoms with van der Waals surface area (Å²) < 4.78 is 10.9. The maximum absolute atomic E-state index is 13.2. The van der Waals surface area contributed by atoms with E-state index in [1.807, 2.05) is 57.2 Å². The zero-order valence-electron chi connectivity index (χ0n) is 19.5. The van der Waals surface area contributed by atoms with Crippen LogP contribution in [0.1, 0.15) is 49.7 Å². The van der Waals surface area contributed by atoms with Gasteiger partial charge in [0.05, 0.1) is 18.1 Å². The molecule has 2 amide bonds. The Bertz CT molecular complexity index is 1270. The van der Waals surface area contributed by atoms with Gasteiger partial charge >= 0.3 is 0 Å². The molecule has 0 saturated heterocycles. The zero-order valence-corrected chi connectivity index (χ0v) is 19.5. The van der Waals surface area contributed by atoms with E-state index in [0.29, 0.717) is 22.9 Å². The van der Waals surface area contributed by atoms with Gasteiger partial charge in [0.25, 0.3) is 5.91 Å². The Morgan fingerprint density at radius 3 is 2.56 bits per heavy atom. The lowest BCUT2D eigenvalue weighted by Gasteiger charge is -2.29. The monoisotopic (exact) mass is 463 g/mol. The zero-order chi connectivity index (χ0) is 24.1. The average molecular weight is 464 g/mol. The van der Waals surface area contributed by atoms with Crippen molar-refractivity contribution in [2.45, 2.75) is 45.1 Å². The molecule has 8 heteroatoms. The van der Waals surface area contributed by atoms with E-state index < -0.39 is 5.41 Å². The number of aromatic nitrogens is 1. The third-order valence-corrected chi connectivity index (χ3v) is 6.77. The molecule has 34 heavy (non-hydrogen) atoms. The predicted octanol–water partition coefficient (Wildman–Crippen LogP) is 3.70. The molecule has 2 heterocycles. The van der Waals surface area contributed by atoms with Gasteiger partial charge in [0.2, 0.25) is 12.7 Å². The smallest absolute Gasteiger partial charge is 0.268 e. The molecule has 5 rings (SSSR count). The molecule has 2 aromatic carbocycles. The van der Waals surface area contributed by atoms with Crippen LogP contribution in [0.25, 0.3) is 10.9 Å². The molecule has 0 spiro atoms. The van der Waals surface area contributed by atoms with Crippen LogP contribution in [-0.4, -0.2) is 41.3 Å². The van der Waals surface area contributed by atoms with Crippen molar-refractivity contribution >= 4 is 28.4 Å². The van der Waals surface area contributed by atoms with Crippen LogP contribution in [0.2, 0.25) is 0 Å². The fraction of sp³-hybridized carbons (Fsp3) is 0.385. The lowest BCUT2D eigenvalue weighted by Crippen LogP contribution is -2.46. The van der Waals surface area contributed by atoms with E-state index in [4.69, 9.17) is 9.47 Å². The van der Waals surface area contributed by atoms with Crippen LogP contribution in [0.15, 0.2) is 42.5 Å². The lowest BCUT2D eigenvalue weighted by atomic mass is 9.87. The molecule has 4 N–H and O–H groups in total. The Hall–Kier alpha value is -3.52. The number of ether oxygens (including phenoxy) is 2. The topological polar surface area (TPSA) is 113 Å². The van der Waals surface area contributed by atoms with E-state index in [9.17, 15) is 14.7 Å². The number of aromatic amines is 1. The summed E-state index contributed by atoms with van der Waals surface area (Å²) in [5, 5.41) is 16.4. The number of aliphatic hydroxyl groups excluding tert-OH is 1. The summed E-state index contributed by atoms with van der Waals surface area (Å²) in [4.78, 5) is 29.1. The number of nitrogens with one attached hydrogen (secondary N) is 3. The highest BCUT2D eigenvalue weighted by molar-refractivity contribution is 6.03. The Morgan fingerprint density at radius 1 is 1.09 bits per heavy atom. The molecule has 8 nitrogen and oxygen atoms in total. The highest BCUT2D eigenvalue weighted by atomic mass is 16.7. The number of anilines is 1. The first-order chi connectivity index (χ1) is 16.2. The summed E-state index contributed by atoms with van der Waals surface area (Å²) in [5.41, 5.74) is 1.94. The minimum atomic E-state index is -0.564. The van der Waals surface area contributed by atoms with Crippen LogP contribution in [0.4, 0.5) is 5.69 Å². The fourth-order valence-corrected chi connectivity index (χ4v) is 4.32. The molecule has 1 aliphatic carbocycles. The van der Waals surface area contributed by atoms with E-state index in [-0.39, 0.29) is 36.7 Å². The van der Waals surface area contributed by atoms with E-state index in [0.717, 1.165) is 29.3 Å². The quantitative estimate of drug-likeness (QED) is 0.445.